The van der Waals surface area contributed by atoms with Gasteiger partial charge in [0.25, 0.3) is 5.91 Å². The van der Waals surface area contributed by atoms with Crippen LogP contribution in [-0.2, 0) is 11.3 Å². The van der Waals surface area contributed by atoms with Crippen molar-refractivity contribution in [2.24, 2.45) is 0 Å². The van der Waals surface area contributed by atoms with Crippen molar-refractivity contribution in [1.29, 1.82) is 0 Å². The van der Waals surface area contributed by atoms with E-state index in [9.17, 15) is 9.18 Å². The highest BCUT2D eigenvalue weighted by atomic mass is 32.1. The Bertz CT molecular complexity index is 1080. The Morgan fingerprint density at radius 1 is 1.26 bits per heavy atom. The first-order chi connectivity index (χ1) is 14.9. The molecule has 0 bridgehead atoms. The van der Waals surface area contributed by atoms with Crippen LogP contribution in [0.15, 0.2) is 42.6 Å². The molecule has 2 atom stereocenters. The van der Waals surface area contributed by atoms with Crippen molar-refractivity contribution >= 4 is 22.4 Å². The van der Waals surface area contributed by atoms with Crippen LogP contribution < -0.4 is 10.2 Å². The van der Waals surface area contributed by atoms with Crippen LogP contribution in [0, 0.1) is 12.7 Å². The number of benzene rings is 1. The third-order valence-corrected chi connectivity index (χ3v) is 6.25. The summed E-state index contributed by atoms with van der Waals surface area (Å²) in [6, 6.07) is 9.63. The molecule has 3 aromatic rings. The third-order valence-electron chi connectivity index (χ3n) is 5.04. The largest absolute Gasteiger partial charge is 0.372 e. The van der Waals surface area contributed by atoms with Crippen molar-refractivity contribution in [3.8, 4) is 10.4 Å². The standard InChI is InChI=1S/C23H25FN4O2S/c1-14-9-17(7-8-25-14)21-20(11-26-22(29)18-5-4-6-19(24)10-18)27-23(31-21)28-12-15(2)30-16(3)13-28/h4-10,15-16H,11-13H2,1-3H3,(H,26,29)/t15-,16+. The number of halogens is 1. The normalized spacial score (nSPS) is 18.8. The number of morpholine rings is 1. The molecule has 0 spiro atoms. The van der Waals surface area contributed by atoms with E-state index in [1.165, 1.54) is 18.2 Å². The number of anilines is 1. The summed E-state index contributed by atoms with van der Waals surface area (Å²) in [5.74, 6) is -0.772. The lowest BCUT2D eigenvalue weighted by molar-refractivity contribution is -0.00523. The van der Waals surface area contributed by atoms with E-state index < -0.39 is 5.82 Å². The predicted molar refractivity (Wildman–Crippen MR) is 120 cm³/mol. The Labute approximate surface area is 185 Å². The van der Waals surface area contributed by atoms with Crippen molar-refractivity contribution in [1.82, 2.24) is 15.3 Å². The van der Waals surface area contributed by atoms with Gasteiger partial charge in [-0.25, -0.2) is 9.37 Å². The molecule has 1 N–H and O–H groups in total. The molecule has 3 heterocycles. The molecule has 0 radical (unpaired) electrons. The summed E-state index contributed by atoms with van der Waals surface area (Å²) < 4.78 is 19.3. The fraction of sp³-hybridized carbons (Fsp3) is 0.348. The lowest BCUT2D eigenvalue weighted by Crippen LogP contribution is -2.45. The SMILES string of the molecule is Cc1cc(-c2sc(N3C[C@@H](C)O[C@@H](C)C3)nc2CNC(=O)c2cccc(F)c2)ccn1. The smallest absolute Gasteiger partial charge is 0.251 e. The lowest BCUT2D eigenvalue weighted by Gasteiger charge is -2.35. The number of hydrogen-bond donors (Lipinski definition) is 1. The van der Waals surface area contributed by atoms with Gasteiger partial charge in [-0.3, -0.25) is 9.78 Å². The topological polar surface area (TPSA) is 67.3 Å². The van der Waals surface area contributed by atoms with Crippen LogP contribution in [0.4, 0.5) is 9.52 Å². The second kappa shape index (κ2) is 9.11. The van der Waals surface area contributed by atoms with Crippen molar-refractivity contribution in [2.45, 2.75) is 39.5 Å². The number of carbonyl (C=O) groups excluding carboxylic acids is 1. The van der Waals surface area contributed by atoms with Gasteiger partial charge in [-0.05, 0) is 56.7 Å². The first-order valence-electron chi connectivity index (χ1n) is 10.3. The minimum absolute atomic E-state index is 0.121. The van der Waals surface area contributed by atoms with Gasteiger partial charge in [0.15, 0.2) is 5.13 Å². The zero-order chi connectivity index (χ0) is 22.0. The van der Waals surface area contributed by atoms with Gasteiger partial charge in [-0.15, -0.1) is 0 Å². The number of carbonyl (C=O) groups is 1. The zero-order valence-electron chi connectivity index (χ0n) is 17.8. The van der Waals surface area contributed by atoms with E-state index in [1.54, 1.807) is 23.6 Å². The molecule has 1 saturated heterocycles. The Morgan fingerprint density at radius 3 is 2.74 bits per heavy atom. The monoisotopic (exact) mass is 440 g/mol. The second-order valence-corrected chi connectivity index (χ2v) is 8.79. The van der Waals surface area contributed by atoms with Gasteiger partial charge in [0.2, 0.25) is 0 Å². The van der Waals surface area contributed by atoms with Crippen LogP contribution in [0.3, 0.4) is 0 Å². The Hall–Kier alpha value is -2.84. The van der Waals surface area contributed by atoms with Crippen molar-refractivity contribution in [3.05, 3.63) is 65.4 Å². The van der Waals surface area contributed by atoms with Crippen LogP contribution in [0.1, 0.15) is 35.6 Å². The highest BCUT2D eigenvalue weighted by molar-refractivity contribution is 7.19. The summed E-state index contributed by atoms with van der Waals surface area (Å²) >= 11 is 1.60. The minimum atomic E-state index is -0.438. The summed E-state index contributed by atoms with van der Waals surface area (Å²) in [7, 11) is 0. The van der Waals surface area contributed by atoms with Gasteiger partial charge >= 0.3 is 0 Å². The number of aryl methyl sites for hydroxylation is 1. The number of hydrogen-bond acceptors (Lipinski definition) is 6. The van der Waals surface area contributed by atoms with E-state index in [2.05, 4.69) is 29.0 Å². The first-order valence-corrected chi connectivity index (χ1v) is 11.1. The van der Waals surface area contributed by atoms with Gasteiger partial charge in [0.05, 0.1) is 29.3 Å². The molecular formula is C23H25FN4O2S. The summed E-state index contributed by atoms with van der Waals surface area (Å²) in [4.78, 5) is 24.9. The average molecular weight is 441 g/mol. The van der Waals surface area contributed by atoms with E-state index in [1.807, 2.05) is 19.1 Å². The molecule has 6 nitrogen and oxygen atoms in total. The fourth-order valence-electron chi connectivity index (χ4n) is 3.74. The van der Waals surface area contributed by atoms with E-state index in [0.29, 0.717) is 0 Å². The summed E-state index contributed by atoms with van der Waals surface area (Å²) in [6.07, 6.45) is 2.02. The van der Waals surface area contributed by atoms with E-state index in [4.69, 9.17) is 9.72 Å². The highest BCUT2D eigenvalue weighted by Gasteiger charge is 2.26. The van der Waals surface area contributed by atoms with Crippen molar-refractivity contribution in [2.75, 3.05) is 18.0 Å². The maximum absolute atomic E-state index is 13.5. The molecule has 1 aliphatic rings. The number of thiazole rings is 1. The molecule has 1 fully saturated rings. The van der Waals surface area contributed by atoms with Crippen LogP contribution in [0.5, 0.6) is 0 Å². The molecule has 0 aliphatic carbocycles. The molecule has 4 rings (SSSR count). The maximum atomic E-state index is 13.5. The molecule has 2 aromatic heterocycles. The van der Waals surface area contributed by atoms with Crippen LogP contribution in [0.2, 0.25) is 0 Å². The molecule has 1 amide bonds. The number of amides is 1. The zero-order valence-corrected chi connectivity index (χ0v) is 18.6. The molecule has 0 saturated carbocycles. The molecule has 162 valence electrons. The molecular weight excluding hydrogens is 415 g/mol. The molecule has 1 aromatic carbocycles. The third kappa shape index (κ3) is 5.08. The number of rotatable bonds is 5. The quantitative estimate of drug-likeness (QED) is 0.644. The first kappa shape index (κ1) is 21.4. The predicted octanol–water partition coefficient (Wildman–Crippen LogP) is 4.20. The van der Waals surface area contributed by atoms with Gasteiger partial charge in [-0.1, -0.05) is 17.4 Å². The van der Waals surface area contributed by atoms with Crippen LogP contribution >= 0.6 is 11.3 Å². The molecule has 0 unspecified atom stereocenters. The van der Waals surface area contributed by atoms with Crippen LogP contribution in [-0.4, -0.2) is 41.2 Å². The van der Waals surface area contributed by atoms with Crippen LogP contribution in [0.25, 0.3) is 10.4 Å². The van der Waals surface area contributed by atoms with E-state index in [-0.39, 0.29) is 30.2 Å². The number of nitrogens with one attached hydrogen (secondary N) is 1. The Morgan fingerprint density at radius 2 is 2.03 bits per heavy atom. The second-order valence-electron chi connectivity index (χ2n) is 7.81. The van der Waals surface area contributed by atoms with Crippen molar-refractivity contribution < 1.29 is 13.9 Å². The van der Waals surface area contributed by atoms with E-state index >= 15 is 0 Å². The minimum Gasteiger partial charge on any atom is -0.372 e. The Kier molecular flexibility index (Phi) is 6.29. The number of ether oxygens (including phenoxy) is 1. The number of pyridine rings is 1. The van der Waals surface area contributed by atoms with Crippen molar-refractivity contribution in [3.63, 3.8) is 0 Å². The number of aromatic nitrogens is 2. The summed E-state index contributed by atoms with van der Waals surface area (Å²) in [6.45, 7) is 7.84. The summed E-state index contributed by atoms with van der Waals surface area (Å²) in [5.41, 5.74) is 2.99. The van der Waals surface area contributed by atoms with Gasteiger partial charge < -0.3 is 15.0 Å². The van der Waals surface area contributed by atoms with Gasteiger partial charge in [0.1, 0.15) is 5.82 Å². The molecule has 31 heavy (non-hydrogen) atoms. The van der Waals surface area contributed by atoms with Gasteiger partial charge in [-0.2, -0.15) is 0 Å². The molecule has 1 aliphatic heterocycles. The Balaban J connectivity index is 1.61. The fourth-order valence-corrected chi connectivity index (χ4v) is 4.83. The maximum Gasteiger partial charge on any atom is 0.251 e. The highest BCUT2D eigenvalue weighted by Crippen LogP contribution is 2.36. The number of nitrogens with zero attached hydrogens (tertiary/aromatic N) is 3. The lowest BCUT2D eigenvalue weighted by atomic mass is 10.1. The summed E-state index contributed by atoms with van der Waals surface area (Å²) in [5, 5.41) is 3.78. The molecule has 8 heteroatoms. The van der Waals surface area contributed by atoms with E-state index in [0.717, 1.165) is 40.0 Å². The van der Waals surface area contributed by atoms with Gasteiger partial charge in [0, 0.05) is 30.5 Å². The average Bonchev–Trinajstić information content (AvgIpc) is 3.16.